The SMILES string of the molecule is CC(C)n1cc(-c2nc3c4cccc(Br)c4nc(N[C@@H]4CCCCNC4=O)n3n2)cn1. The van der Waals surface area contributed by atoms with Crippen molar-refractivity contribution >= 4 is 44.3 Å². The monoisotopic (exact) mass is 482 g/mol. The minimum absolute atomic E-state index is 0.0155. The van der Waals surface area contributed by atoms with Crippen molar-refractivity contribution in [3.63, 3.8) is 0 Å². The van der Waals surface area contributed by atoms with Crippen LogP contribution in [0.5, 0.6) is 0 Å². The minimum atomic E-state index is -0.366. The number of amides is 1. The zero-order valence-corrected chi connectivity index (χ0v) is 18.9. The largest absolute Gasteiger partial charge is 0.354 e. The van der Waals surface area contributed by atoms with E-state index in [1.807, 2.05) is 29.1 Å². The topological polar surface area (TPSA) is 102 Å². The summed E-state index contributed by atoms with van der Waals surface area (Å²) in [4.78, 5) is 22.1. The Morgan fingerprint density at radius 3 is 2.94 bits per heavy atom. The van der Waals surface area contributed by atoms with Gasteiger partial charge in [-0.2, -0.15) is 9.61 Å². The molecule has 0 aliphatic carbocycles. The number of hydrogen-bond donors (Lipinski definition) is 2. The van der Waals surface area contributed by atoms with Crippen LogP contribution in [0.25, 0.3) is 27.9 Å². The highest BCUT2D eigenvalue weighted by Gasteiger charge is 2.24. The summed E-state index contributed by atoms with van der Waals surface area (Å²) in [5, 5.41) is 16.3. The molecule has 0 spiro atoms. The normalized spacial score (nSPS) is 17.3. The molecule has 4 heterocycles. The molecule has 1 fully saturated rings. The maximum atomic E-state index is 12.5. The molecule has 0 bridgehead atoms. The number of anilines is 1. The van der Waals surface area contributed by atoms with Gasteiger partial charge >= 0.3 is 0 Å². The van der Waals surface area contributed by atoms with Crippen molar-refractivity contribution in [1.29, 1.82) is 0 Å². The molecule has 160 valence electrons. The van der Waals surface area contributed by atoms with Crippen LogP contribution in [0.1, 0.15) is 39.2 Å². The van der Waals surface area contributed by atoms with E-state index in [9.17, 15) is 4.79 Å². The van der Waals surface area contributed by atoms with Crippen LogP contribution in [0.15, 0.2) is 35.1 Å². The van der Waals surface area contributed by atoms with Gasteiger partial charge in [0.15, 0.2) is 11.5 Å². The number of nitrogens with zero attached hydrogens (tertiary/aromatic N) is 6. The molecule has 3 aromatic heterocycles. The maximum Gasteiger partial charge on any atom is 0.242 e. The maximum absolute atomic E-state index is 12.5. The van der Waals surface area contributed by atoms with Crippen LogP contribution in [0.4, 0.5) is 5.95 Å². The first-order valence-electron chi connectivity index (χ1n) is 10.4. The van der Waals surface area contributed by atoms with Crippen molar-refractivity contribution in [1.82, 2.24) is 34.7 Å². The Morgan fingerprint density at radius 2 is 2.13 bits per heavy atom. The number of carbonyl (C=O) groups excluding carboxylic acids is 1. The van der Waals surface area contributed by atoms with E-state index in [0.717, 1.165) is 40.2 Å². The Balaban J connectivity index is 1.66. The van der Waals surface area contributed by atoms with Crippen LogP contribution in [-0.2, 0) is 4.79 Å². The first-order chi connectivity index (χ1) is 15.0. The van der Waals surface area contributed by atoms with Gasteiger partial charge in [-0.3, -0.25) is 9.48 Å². The van der Waals surface area contributed by atoms with Gasteiger partial charge in [0.05, 0.1) is 17.3 Å². The highest BCUT2D eigenvalue weighted by atomic mass is 79.9. The Kier molecular flexibility index (Phi) is 5.09. The van der Waals surface area contributed by atoms with Crippen molar-refractivity contribution < 1.29 is 4.79 Å². The molecule has 1 aliphatic heterocycles. The Morgan fingerprint density at radius 1 is 1.26 bits per heavy atom. The van der Waals surface area contributed by atoms with Gasteiger partial charge in [0.1, 0.15) is 6.04 Å². The summed E-state index contributed by atoms with van der Waals surface area (Å²) in [6.45, 7) is 4.85. The summed E-state index contributed by atoms with van der Waals surface area (Å²) in [7, 11) is 0. The second-order valence-electron chi connectivity index (χ2n) is 8.03. The van der Waals surface area contributed by atoms with Crippen LogP contribution in [0.2, 0.25) is 0 Å². The van der Waals surface area contributed by atoms with E-state index in [1.165, 1.54) is 0 Å². The quantitative estimate of drug-likeness (QED) is 0.460. The standard InChI is InChI=1S/C21H23BrN8O/c1-12(2)29-11-13(10-24-29)18-27-19-14-6-5-7-15(22)17(14)26-21(30(19)28-18)25-16-8-3-4-9-23-20(16)31/h5-7,10-12,16H,3-4,8-9H2,1-2H3,(H,23,31)(H,25,26)/t16-/m1/s1. The number of para-hydroxylation sites is 1. The van der Waals surface area contributed by atoms with Crippen molar-refractivity contribution in [3.05, 3.63) is 35.1 Å². The number of hydrogen-bond acceptors (Lipinski definition) is 6. The summed E-state index contributed by atoms with van der Waals surface area (Å²) in [6.07, 6.45) is 6.39. The van der Waals surface area contributed by atoms with Crippen LogP contribution in [0.3, 0.4) is 0 Å². The molecule has 0 unspecified atom stereocenters. The van der Waals surface area contributed by atoms with Crippen molar-refractivity contribution in [2.24, 2.45) is 0 Å². The summed E-state index contributed by atoms with van der Waals surface area (Å²) in [5.74, 6) is 1.04. The zero-order valence-electron chi connectivity index (χ0n) is 17.3. The van der Waals surface area contributed by atoms with Gasteiger partial charge < -0.3 is 10.6 Å². The molecular formula is C21H23BrN8O. The van der Waals surface area contributed by atoms with E-state index >= 15 is 0 Å². The number of nitrogens with one attached hydrogen (secondary N) is 2. The van der Waals surface area contributed by atoms with Crippen LogP contribution < -0.4 is 10.6 Å². The molecule has 1 atom stereocenters. The number of benzene rings is 1. The summed E-state index contributed by atoms with van der Waals surface area (Å²) in [6, 6.07) is 5.74. The fraction of sp³-hybridized carbons (Fsp3) is 0.381. The lowest BCUT2D eigenvalue weighted by Crippen LogP contribution is -2.38. The van der Waals surface area contributed by atoms with Crippen molar-refractivity contribution in [2.75, 3.05) is 11.9 Å². The Bertz CT molecular complexity index is 1280. The van der Waals surface area contributed by atoms with Gasteiger partial charge in [0.25, 0.3) is 0 Å². The van der Waals surface area contributed by atoms with E-state index < -0.39 is 0 Å². The number of fused-ring (bicyclic) bond motifs is 3. The summed E-state index contributed by atoms with van der Waals surface area (Å²) >= 11 is 3.60. The van der Waals surface area contributed by atoms with Crippen molar-refractivity contribution in [2.45, 2.75) is 45.2 Å². The molecule has 1 aliphatic rings. The van der Waals surface area contributed by atoms with Gasteiger partial charge in [0, 0.05) is 28.6 Å². The van der Waals surface area contributed by atoms with E-state index in [2.05, 4.69) is 45.5 Å². The molecule has 1 aromatic carbocycles. The molecule has 1 saturated heterocycles. The number of carbonyl (C=O) groups is 1. The minimum Gasteiger partial charge on any atom is -0.354 e. The van der Waals surface area contributed by atoms with E-state index in [0.29, 0.717) is 24.0 Å². The van der Waals surface area contributed by atoms with E-state index in [-0.39, 0.29) is 18.0 Å². The second kappa shape index (κ2) is 7.92. The fourth-order valence-corrected chi connectivity index (χ4v) is 4.24. The number of halogens is 1. The van der Waals surface area contributed by atoms with Crippen LogP contribution in [0, 0.1) is 0 Å². The van der Waals surface area contributed by atoms with Gasteiger partial charge in [-0.1, -0.05) is 6.07 Å². The first-order valence-corrected chi connectivity index (χ1v) is 11.2. The number of aromatic nitrogens is 6. The van der Waals surface area contributed by atoms with Gasteiger partial charge in [-0.25, -0.2) is 9.97 Å². The van der Waals surface area contributed by atoms with Crippen LogP contribution in [-0.4, -0.2) is 47.9 Å². The van der Waals surface area contributed by atoms with Gasteiger partial charge in [-0.15, -0.1) is 5.10 Å². The molecular weight excluding hydrogens is 460 g/mol. The number of rotatable bonds is 4. The Hall–Kier alpha value is -3.01. The highest BCUT2D eigenvalue weighted by Crippen LogP contribution is 2.29. The third-order valence-corrected chi connectivity index (χ3v) is 6.12. The second-order valence-corrected chi connectivity index (χ2v) is 8.88. The predicted molar refractivity (Wildman–Crippen MR) is 122 cm³/mol. The lowest BCUT2D eigenvalue weighted by atomic mass is 10.1. The molecule has 10 heteroatoms. The average molecular weight is 483 g/mol. The molecule has 5 rings (SSSR count). The van der Waals surface area contributed by atoms with E-state index in [1.54, 1.807) is 10.7 Å². The zero-order chi connectivity index (χ0) is 21.5. The summed E-state index contributed by atoms with van der Waals surface area (Å²) in [5.41, 5.74) is 2.28. The Labute approximate surface area is 187 Å². The lowest BCUT2D eigenvalue weighted by Gasteiger charge is -2.17. The molecule has 31 heavy (non-hydrogen) atoms. The summed E-state index contributed by atoms with van der Waals surface area (Å²) < 4.78 is 4.43. The average Bonchev–Trinajstić information content (AvgIpc) is 3.36. The molecule has 0 radical (unpaired) electrons. The highest BCUT2D eigenvalue weighted by molar-refractivity contribution is 9.10. The smallest absolute Gasteiger partial charge is 0.242 e. The molecule has 4 aromatic rings. The van der Waals surface area contributed by atoms with Gasteiger partial charge in [-0.05, 0) is 61.2 Å². The van der Waals surface area contributed by atoms with E-state index in [4.69, 9.17) is 15.1 Å². The third-order valence-electron chi connectivity index (χ3n) is 5.48. The third kappa shape index (κ3) is 3.65. The fourth-order valence-electron chi connectivity index (χ4n) is 3.78. The van der Waals surface area contributed by atoms with Crippen LogP contribution >= 0.6 is 15.9 Å². The molecule has 9 nitrogen and oxygen atoms in total. The first kappa shape index (κ1) is 19.9. The molecule has 0 saturated carbocycles. The molecule has 2 N–H and O–H groups in total. The van der Waals surface area contributed by atoms with Crippen molar-refractivity contribution in [3.8, 4) is 11.4 Å². The predicted octanol–water partition coefficient (Wildman–Crippen LogP) is 3.57. The lowest BCUT2D eigenvalue weighted by molar-refractivity contribution is -0.121. The van der Waals surface area contributed by atoms with Gasteiger partial charge in [0.2, 0.25) is 11.9 Å². The molecule has 1 amide bonds.